The molecule has 0 radical (unpaired) electrons. The molecular formula is C28H21F7N2O3S2. The minimum Gasteiger partial charge on any atom is -0.312 e. The molecule has 1 atom stereocenters. The predicted octanol–water partition coefficient (Wildman–Crippen LogP) is 7.35. The molecule has 5 rings (SSSR count). The van der Waals surface area contributed by atoms with Gasteiger partial charge in [-0.05, 0) is 59.2 Å². The van der Waals surface area contributed by atoms with E-state index in [1.807, 2.05) is 0 Å². The highest BCUT2D eigenvalue weighted by Gasteiger charge is 2.51. The quantitative estimate of drug-likeness (QED) is 0.217. The molecule has 3 aromatic carbocycles. The van der Waals surface area contributed by atoms with Gasteiger partial charge >= 0.3 is 18.3 Å². The third-order valence-electron chi connectivity index (χ3n) is 7.03. The highest BCUT2D eigenvalue weighted by atomic mass is 32.2. The van der Waals surface area contributed by atoms with Crippen molar-refractivity contribution in [3.05, 3.63) is 100 Å². The number of aryl methyl sites for hydroxylation is 1. The van der Waals surface area contributed by atoms with Crippen molar-refractivity contribution in [2.75, 3.05) is 10.8 Å². The third-order valence-corrected chi connectivity index (χ3v) is 10.4. The zero-order chi connectivity index (χ0) is 30.6. The first-order chi connectivity index (χ1) is 19.6. The normalized spacial score (nSPS) is 16.0. The second-order valence-corrected chi connectivity index (χ2v) is 12.6. The Morgan fingerprint density at radius 3 is 2.33 bits per heavy atom. The van der Waals surface area contributed by atoms with Crippen molar-refractivity contribution in [2.24, 2.45) is 0 Å². The SMILES string of the molecule is Cc1c(N(Cc2ccc(F)c(C(F)(F)F)c2)S(=O)(=O)C2c3ccccc3CCN2C(=O)C(F)(F)F)sc2ccccc12. The average Bonchev–Trinajstić information content (AvgIpc) is 3.26. The summed E-state index contributed by atoms with van der Waals surface area (Å²) in [6, 6.07) is 14.6. The van der Waals surface area contributed by atoms with Crippen LogP contribution in [0.15, 0.2) is 66.7 Å². The van der Waals surface area contributed by atoms with Gasteiger partial charge in [0, 0.05) is 11.2 Å². The van der Waals surface area contributed by atoms with Gasteiger partial charge in [-0.2, -0.15) is 26.3 Å². The first-order valence-electron chi connectivity index (χ1n) is 12.4. The highest BCUT2D eigenvalue weighted by molar-refractivity contribution is 7.93. The second-order valence-electron chi connectivity index (χ2n) is 9.69. The summed E-state index contributed by atoms with van der Waals surface area (Å²) in [6.07, 6.45) is -10.5. The van der Waals surface area contributed by atoms with Crippen molar-refractivity contribution < 1.29 is 43.9 Å². The monoisotopic (exact) mass is 630 g/mol. The number of thiophene rings is 1. The number of fused-ring (bicyclic) bond motifs is 2. The molecule has 0 aliphatic carbocycles. The summed E-state index contributed by atoms with van der Waals surface area (Å²) in [5.74, 6) is -3.93. The first kappa shape index (κ1) is 29.8. The fourth-order valence-corrected chi connectivity index (χ4v) is 8.62. The van der Waals surface area contributed by atoms with Crippen molar-refractivity contribution in [1.82, 2.24) is 4.90 Å². The fourth-order valence-electron chi connectivity index (χ4n) is 5.07. The van der Waals surface area contributed by atoms with Crippen molar-refractivity contribution in [1.29, 1.82) is 0 Å². The zero-order valence-corrected chi connectivity index (χ0v) is 23.3. The molecule has 42 heavy (non-hydrogen) atoms. The highest BCUT2D eigenvalue weighted by Crippen LogP contribution is 2.45. The average molecular weight is 631 g/mol. The summed E-state index contributed by atoms with van der Waals surface area (Å²) >= 11 is 0.976. The number of hydrogen-bond donors (Lipinski definition) is 0. The van der Waals surface area contributed by atoms with E-state index in [0.717, 1.165) is 21.7 Å². The lowest BCUT2D eigenvalue weighted by Gasteiger charge is -2.39. The Kier molecular flexibility index (Phi) is 7.50. The molecule has 1 aliphatic heterocycles. The molecule has 0 spiro atoms. The van der Waals surface area contributed by atoms with E-state index >= 15 is 0 Å². The second kappa shape index (κ2) is 10.6. The summed E-state index contributed by atoms with van der Waals surface area (Å²) in [5.41, 5.74) is -1.12. The van der Waals surface area contributed by atoms with Crippen molar-refractivity contribution in [2.45, 2.75) is 37.6 Å². The standard InChI is InChI=1S/C28H21F7N2O3S2/c1-16-19-7-4-5-9-23(19)41-24(16)37(15-17-10-11-22(29)21(14-17)27(30,31)32)42(39,40)25-20-8-3-2-6-18(20)12-13-36(25)26(38)28(33,34)35/h2-11,14,25H,12-13,15H2,1H3. The molecule has 2 heterocycles. The molecule has 0 bridgehead atoms. The van der Waals surface area contributed by atoms with E-state index < -0.39 is 58.1 Å². The Balaban J connectivity index is 1.73. The number of rotatable bonds is 5. The number of carbonyl (C=O) groups excluding carboxylic acids is 1. The molecule has 1 amide bonds. The topological polar surface area (TPSA) is 57.7 Å². The van der Waals surface area contributed by atoms with Gasteiger partial charge in [0.25, 0.3) is 10.0 Å². The Bertz CT molecular complexity index is 1780. The van der Waals surface area contributed by atoms with Crippen LogP contribution >= 0.6 is 11.3 Å². The molecule has 0 saturated carbocycles. The van der Waals surface area contributed by atoms with Crippen molar-refractivity contribution >= 4 is 42.4 Å². The molecular weight excluding hydrogens is 609 g/mol. The molecule has 222 valence electrons. The van der Waals surface area contributed by atoms with Crippen LogP contribution in [0.2, 0.25) is 0 Å². The van der Waals surface area contributed by atoms with Gasteiger partial charge in [0.05, 0.1) is 12.1 Å². The van der Waals surface area contributed by atoms with E-state index in [0.29, 0.717) is 33.3 Å². The Morgan fingerprint density at radius 1 is 1.00 bits per heavy atom. The lowest BCUT2D eigenvalue weighted by molar-refractivity contribution is -0.186. The molecule has 0 N–H and O–H groups in total. The van der Waals surface area contributed by atoms with Gasteiger partial charge in [-0.1, -0.05) is 48.5 Å². The summed E-state index contributed by atoms with van der Waals surface area (Å²) < 4.78 is 126. The number of anilines is 1. The van der Waals surface area contributed by atoms with Gasteiger partial charge in [-0.15, -0.1) is 11.3 Å². The maximum absolute atomic E-state index is 14.5. The van der Waals surface area contributed by atoms with E-state index in [4.69, 9.17) is 0 Å². The van der Waals surface area contributed by atoms with Gasteiger partial charge in [0.1, 0.15) is 10.8 Å². The van der Waals surface area contributed by atoms with Crippen LogP contribution in [-0.2, 0) is 34.0 Å². The molecule has 1 aromatic heterocycles. The van der Waals surface area contributed by atoms with Crippen LogP contribution in [0.25, 0.3) is 10.1 Å². The van der Waals surface area contributed by atoms with Crippen molar-refractivity contribution in [3.8, 4) is 0 Å². The molecule has 1 unspecified atom stereocenters. The van der Waals surface area contributed by atoms with Gasteiger partial charge in [-0.25, -0.2) is 12.8 Å². The number of halogens is 7. The number of carbonyl (C=O) groups is 1. The van der Waals surface area contributed by atoms with Gasteiger partial charge in [-0.3, -0.25) is 9.10 Å². The van der Waals surface area contributed by atoms with Crippen LogP contribution in [-0.4, -0.2) is 31.9 Å². The number of hydrogen-bond acceptors (Lipinski definition) is 4. The Labute approximate surface area is 239 Å². The number of nitrogens with zero attached hydrogens (tertiary/aromatic N) is 2. The minimum atomic E-state index is -5.39. The molecule has 0 saturated heterocycles. The molecule has 4 aromatic rings. The molecule has 5 nitrogen and oxygen atoms in total. The van der Waals surface area contributed by atoms with Crippen LogP contribution < -0.4 is 4.31 Å². The van der Waals surface area contributed by atoms with Gasteiger partial charge in [0.15, 0.2) is 5.37 Å². The van der Waals surface area contributed by atoms with Crippen LogP contribution in [0.4, 0.5) is 35.7 Å². The van der Waals surface area contributed by atoms with Crippen LogP contribution in [0.5, 0.6) is 0 Å². The third kappa shape index (κ3) is 5.33. The molecule has 0 fully saturated rings. The number of sulfonamides is 1. The van der Waals surface area contributed by atoms with Crippen LogP contribution in [0.1, 0.15) is 33.2 Å². The zero-order valence-electron chi connectivity index (χ0n) is 21.6. The molecule has 1 aliphatic rings. The van der Waals surface area contributed by atoms with E-state index in [1.165, 1.54) is 18.2 Å². The summed E-state index contributed by atoms with van der Waals surface area (Å²) in [4.78, 5) is 12.8. The number of benzene rings is 3. The van der Waals surface area contributed by atoms with E-state index in [2.05, 4.69) is 0 Å². The maximum Gasteiger partial charge on any atom is 0.471 e. The predicted molar refractivity (Wildman–Crippen MR) is 144 cm³/mol. The van der Waals surface area contributed by atoms with Gasteiger partial charge in [0.2, 0.25) is 0 Å². The Hall–Kier alpha value is -3.65. The smallest absolute Gasteiger partial charge is 0.312 e. The maximum atomic E-state index is 14.5. The first-order valence-corrected chi connectivity index (χ1v) is 14.7. The largest absolute Gasteiger partial charge is 0.471 e. The summed E-state index contributed by atoms with van der Waals surface area (Å²) in [6.45, 7) is 0.245. The lowest BCUT2D eigenvalue weighted by Crippen LogP contribution is -2.51. The van der Waals surface area contributed by atoms with Gasteiger partial charge < -0.3 is 4.90 Å². The van der Waals surface area contributed by atoms with Crippen LogP contribution in [0, 0.1) is 12.7 Å². The van der Waals surface area contributed by atoms with Crippen molar-refractivity contribution in [3.63, 3.8) is 0 Å². The number of alkyl halides is 6. The lowest BCUT2D eigenvalue weighted by atomic mass is 9.99. The minimum absolute atomic E-state index is 0.0385. The van der Waals surface area contributed by atoms with E-state index in [1.54, 1.807) is 37.3 Å². The van der Waals surface area contributed by atoms with E-state index in [-0.39, 0.29) is 27.4 Å². The number of amides is 1. The van der Waals surface area contributed by atoms with E-state index in [9.17, 15) is 43.9 Å². The summed E-state index contributed by atoms with van der Waals surface area (Å²) in [7, 11) is -5.00. The fraction of sp³-hybridized carbons (Fsp3) is 0.250. The summed E-state index contributed by atoms with van der Waals surface area (Å²) in [5, 5.41) is -1.47. The molecule has 14 heteroatoms. The van der Waals surface area contributed by atoms with Crippen LogP contribution in [0.3, 0.4) is 0 Å². The Morgan fingerprint density at radius 2 is 1.67 bits per heavy atom.